The molecule has 0 N–H and O–H groups in total. The minimum atomic E-state index is 0.409. The highest BCUT2D eigenvalue weighted by atomic mass is 35.5. The van der Waals surface area contributed by atoms with Crippen LogP contribution in [0.15, 0.2) is 18.2 Å². The molecule has 1 nitrogen and oxygen atoms in total. The SMILES string of the molecule is O=Cc1cc(CCl)cc2sc(Cl)cc12. The number of alkyl halides is 1. The molecular formula is C10H6Cl2OS. The first kappa shape index (κ1) is 9.97. The van der Waals surface area contributed by atoms with E-state index in [1.54, 1.807) is 6.07 Å². The van der Waals surface area contributed by atoms with Crippen molar-refractivity contribution >= 4 is 50.9 Å². The number of hydrogen-bond donors (Lipinski definition) is 0. The van der Waals surface area contributed by atoms with Crippen LogP contribution in [0.3, 0.4) is 0 Å². The van der Waals surface area contributed by atoms with Gasteiger partial charge in [0.25, 0.3) is 0 Å². The Hall–Kier alpha value is -0.570. The first-order valence-corrected chi connectivity index (χ1v) is 5.70. The summed E-state index contributed by atoms with van der Waals surface area (Å²) >= 11 is 13.1. The summed E-state index contributed by atoms with van der Waals surface area (Å²) < 4.78 is 1.70. The number of fused-ring (bicyclic) bond motifs is 1. The molecule has 0 saturated carbocycles. The fourth-order valence-corrected chi connectivity index (χ4v) is 2.77. The highest BCUT2D eigenvalue weighted by molar-refractivity contribution is 7.22. The molecular weight excluding hydrogens is 239 g/mol. The first-order chi connectivity index (χ1) is 6.74. The summed E-state index contributed by atoms with van der Waals surface area (Å²) in [4.78, 5) is 10.8. The molecule has 1 aromatic carbocycles. The summed E-state index contributed by atoms with van der Waals surface area (Å²) in [7, 11) is 0. The molecule has 14 heavy (non-hydrogen) atoms. The average molecular weight is 245 g/mol. The second-order valence-electron chi connectivity index (χ2n) is 2.90. The Morgan fingerprint density at radius 2 is 2.14 bits per heavy atom. The van der Waals surface area contributed by atoms with Gasteiger partial charge in [-0.15, -0.1) is 22.9 Å². The van der Waals surface area contributed by atoms with Crippen LogP contribution in [0.2, 0.25) is 4.34 Å². The van der Waals surface area contributed by atoms with Crippen molar-refractivity contribution in [2.75, 3.05) is 0 Å². The third-order valence-corrected chi connectivity index (χ3v) is 3.50. The summed E-state index contributed by atoms with van der Waals surface area (Å²) in [6.45, 7) is 0. The van der Waals surface area contributed by atoms with E-state index in [9.17, 15) is 4.79 Å². The van der Waals surface area contributed by atoms with Crippen molar-refractivity contribution in [3.05, 3.63) is 33.7 Å². The number of rotatable bonds is 2. The number of benzene rings is 1. The molecule has 0 bridgehead atoms. The molecule has 4 heteroatoms. The maximum absolute atomic E-state index is 10.8. The van der Waals surface area contributed by atoms with Crippen molar-refractivity contribution in [3.63, 3.8) is 0 Å². The Morgan fingerprint density at radius 1 is 1.36 bits per heavy atom. The molecule has 0 amide bonds. The molecule has 2 aromatic rings. The van der Waals surface area contributed by atoms with Crippen LogP contribution in [0.4, 0.5) is 0 Å². The van der Waals surface area contributed by atoms with E-state index in [0.29, 0.717) is 15.8 Å². The molecule has 72 valence electrons. The minimum absolute atomic E-state index is 0.409. The molecule has 0 unspecified atom stereocenters. The largest absolute Gasteiger partial charge is 0.298 e. The van der Waals surface area contributed by atoms with Gasteiger partial charge in [-0.25, -0.2) is 0 Å². The van der Waals surface area contributed by atoms with Crippen molar-refractivity contribution in [1.82, 2.24) is 0 Å². The minimum Gasteiger partial charge on any atom is -0.298 e. The smallest absolute Gasteiger partial charge is 0.150 e. The van der Waals surface area contributed by atoms with Crippen LogP contribution >= 0.6 is 34.5 Å². The lowest BCUT2D eigenvalue weighted by Gasteiger charge is -1.98. The van der Waals surface area contributed by atoms with E-state index >= 15 is 0 Å². The predicted molar refractivity (Wildman–Crippen MR) is 61.8 cm³/mol. The zero-order valence-electron chi connectivity index (χ0n) is 7.09. The zero-order chi connectivity index (χ0) is 10.1. The third kappa shape index (κ3) is 1.65. The summed E-state index contributed by atoms with van der Waals surface area (Å²) in [5, 5.41) is 0.906. The van der Waals surface area contributed by atoms with E-state index in [-0.39, 0.29) is 0 Å². The van der Waals surface area contributed by atoms with E-state index in [4.69, 9.17) is 23.2 Å². The van der Waals surface area contributed by atoms with Gasteiger partial charge in [-0.05, 0) is 23.8 Å². The van der Waals surface area contributed by atoms with Crippen LogP contribution in [0.1, 0.15) is 15.9 Å². The Labute approximate surface area is 95.3 Å². The van der Waals surface area contributed by atoms with E-state index < -0.39 is 0 Å². The highest BCUT2D eigenvalue weighted by Gasteiger charge is 2.06. The highest BCUT2D eigenvalue weighted by Crippen LogP contribution is 2.32. The molecule has 0 fully saturated rings. The number of aldehydes is 1. The quantitative estimate of drug-likeness (QED) is 0.574. The number of hydrogen-bond acceptors (Lipinski definition) is 2. The third-order valence-electron chi connectivity index (χ3n) is 1.98. The Balaban J connectivity index is 2.78. The summed E-state index contributed by atoms with van der Waals surface area (Å²) in [5.74, 6) is 0.409. The zero-order valence-corrected chi connectivity index (χ0v) is 9.42. The van der Waals surface area contributed by atoms with Gasteiger partial charge in [0, 0.05) is 21.5 Å². The van der Waals surface area contributed by atoms with E-state index in [1.165, 1.54) is 11.3 Å². The first-order valence-electron chi connectivity index (χ1n) is 3.97. The van der Waals surface area contributed by atoms with Crippen molar-refractivity contribution in [2.45, 2.75) is 5.88 Å². The fraction of sp³-hybridized carbons (Fsp3) is 0.100. The molecule has 0 saturated heterocycles. The topological polar surface area (TPSA) is 17.1 Å². The van der Waals surface area contributed by atoms with Gasteiger partial charge in [-0.2, -0.15) is 0 Å². The number of carbonyl (C=O) groups excluding carboxylic acids is 1. The molecule has 0 aliphatic rings. The predicted octanol–water partition coefficient (Wildman–Crippen LogP) is 4.11. The monoisotopic (exact) mass is 244 g/mol. The van der Waals surface area contributed by atoms with Gasteiger partial charge in [0.1, 0.15) is 0 Å². The molecule has 2 rings (SSSR count). The lowest BCUT2D eigenvalue weighted by Crippen LogP contribution is -1.84. The summed E-state index contributed by atoms with van der Waals surface area (Å²) in [5.41, 5.74) is 1.60. The van der Waals surface area contributed by atoms with Gasteiger partial charge in [0.15, 0.2) is 6.29 Å². The molecule has 0 radical (unpaired) electrons. The Kier molecular flexibility index (Phi) is 2.77. The fourth-order valence-electron chi connectivity index (χ4n) is 1.37. The van der Waals surface area contributed by atoms with Crippen LogP contribution in [-0.4, -0.2) is 6.29 Å². The van der Waals surface area contributed by atoms with Crippen molar-refractivity contribution in [2.24, 2.45) is 0 Å². The Bertz CT molecular complexity index is 490. The van der Waals surface area contributed by atoms with Gasteiger partial charge in [-0.3, -0.25) is 4.79 Å². The van der Waals surface area contributed by atoms with Crippen LogP contribution in [0.5, 0.6) is 0 Å². The van der Waals surface area contributed by atoms with E-state index in [1.807, 2.05) is 12.1 Å². The standard InChI is InChI=1S/C10H6Cl2OS/c11-4-6-1-7(5-13)8-3-10(12)14-9(8)2-6/h1-3,5H,4H2. The number of thiophene rings is 1. The summed E-state index contributed by atoms with van der Waals surface area (Å²) in [6.07, 6.45) is 0.835. The molecule has 1 heterocycles. The lowest BCUT2D eigenvalue weighted by atomic mass is 10.1. The van der Waals surface area contributed by atoms with Gasteiger partial charge in [-0.1, -0.05) is 11.6 Å². The second kappa shape index (κ2) is 3.89. The lowest BCUT2D eigenvalue weighted by molar-refractivity contribution is 0.112. The van der Waals surface area contributed by atoms with Gasteiger partial charge >= 0.3 is 0 Å². The van der Waals surface area contributed by atoms with Crippen molar-refractivity contribution in [3.8, 4) is 0 Å². The van der Waals surface area contributed by atoms with E-state index in [2.05, 4.69) is 0 Å². The number of carbonyl (C=O) groups is 1. The normalized spacial score (nSPS) is 10.7. The van der Waals surface area contributed by atoms with Crippen LogP contribution in [0.25, 0.3) is 10.1 Å². The Morgan fingerprint density at radius 3 is 2.79 bits per heavy atom. The molecule has 0 aliphatic heterocycles. The molecule has 0 atom stereocenters. The van der Waals surface area contributed by atoms with E-state index in [0.717, 1.165) is 21.9 Å². The van der Waals surface area contributed by atoms with Gasteiger partial charge in [0.05, 0.1) is 4.34 Å². The van der Waals surface area contributed by atoms with Gasteiger partial charge < -0.3 is 0 Å². The molecule has 0 aliphatic carbocycles. The molecule has 1 aromatic heterocycles. The maximum Gasteiger partial charge on any atom is 0.150 e. The van der Waals surface area contributed by atoms with Crippen LogP contribution in [-0.2, 0) is 5.88 Å². The van der Waals surface area contributed by atoms with Gasteiger partial charge in [0.2, 0.25) is 0 Å². The average Bonchev–Trinajstić information content (AvgIpc) is 2.56. The van der Waals surface area contributed by atoms with Crippen LogP contribution < -0.4 is 0 Å². The molecule has 0 spiro atoms. The maximum atomic E-state index is 10.8. The van der Waals surface area contributed by atoms with Crippen molar-refractivity contribution < 1.29 is 4.79 Å². The van der Waals surface area contributed by atoms with Crippen LogP contribution in [0, 0.1) is 0 Å². The second-order valence-corrected chi connectivity index (χ2v) is 4.88. The van der Waals surface area contributed by atoms with Crippen molar-refractivity contribution in [1.29, 1.82) is 0 Å². The summed E-state index contributed by atoms with van der Waals surface area (Å²) in [6, 6.07) is 5.57. The number of halogens is 2.